The van der Waals surface area contributed by atoms with Gasteiger partial charge in [0.25, 0.3) is 0 Å². The van der Waals surface area contributed by atoms with Gasteiger partial charge in [-0.1, -0.05) is 25.9 Å². The Morgan fingerprint density at radius 3 is 2.69 bits per heavy atom. The Morgan fingerprint density at radius 2 is 2.12 bits per heavy atom. The van der Waals surface area contributed by atoms with E-state index in [0.717, 1.165) is 6.42 Å². The monoisotopic (exact) mass is 226 g/mol. The SMILES string of the molecule is CCOC(=O)Cc1nc(CC(C)(C)C)no1. The first kappa shape index (κ1) is 12.7. The number of esters is 1. The molecule has 0 radical (unpaired) electrons. The molecule has 0 aliphatic heterocycles. The highest BCUT2D eigenvalue weighted by molar-refractivity contribution is 5.71. The lowest BCUT2D eigenvalue weighted by Gasteiger charge is -2.14. The van der Waals surface area contributed by atoms with Crippen LogP contribution >= 0.6 is 0 Å². The van der Waals surface area contributed by atoms with E-state index < -0.39 is 0 Å². The van der Waals surface area contributed by atoms with E-state index in [1.807, 2.05) is 0 Å². The summed E-state index contributed by atoms with van der Waals surface area (Å²) in [6, 6.07) is 0. The zero-order valence-corrected chi connectivity index (χ0v) is 10.2. The van der Waals surface area contributed by atoms with Crippen molar-refractivity contribution in [2.75, 3.05) is 6.61 Å². The number of hydrogen-bond donors (Lipinski definition) is 0. The third-order valence-electron chi connectivity index (χ3n) is 1.80. The number of aromatic nitrogens is 2. The fraction of sp³-hybridized carbons (Fsp3) is 0.727. The quantitative estimate of drug-likeness (QED) is 0.732. The van der Waals surface area contributed by atoms with Gasteiger partial charge in [-0.05, 0) is 12.3 Å². The van der Waals surface area contributed by atoms with E-state index in [2.05, 4.69) is 30.9 Å². The van der Waals surface area contributed by atoms with Crippen molar-refractivity contribution in [2.45, 2.75) is 40.5 Å². The van der Waals surface area contributed by atoms with Crippen molar-refractivity contribution < 1.29 is 14.1 Å². The standard InChI is InChI=1S/C11H18N2O3/c1-5-15-10(14)6-9-12-8(13-16-9)7-11(2,3)4/h5-7H2,1-4H3. The average Bonchev–Trinajstić information content (AvgIpc) is 2.49. The molecule has 5 nitrogen and oxygen atoms in total. The highest BCUT2D eigenvalue weighted by Crippen LogP contribution is 2.18. The predicted octanol–water partition coefficient (Wildman–Crippen LogP) is 1.76. The van der Waals surface area contributed by atoms with Crippen LogP contribution in [0.5, 0.6) is 0 Å². The highest BCUT2D eigenvalue weighted by atomic mass is 16.5. The van der Waals surface area contributed by atoms with Gasteiger partial charge in [0, 0.05) is 6.42 Å². The lowest BCUT2D eigenvalue weighted by Crippen LogP contribution is -2.11. The smallest absolute Gasteiger partial charge is 0.315 e. The number of ether oxygens (including phenoxy) is 1. The second-order valence-corrected chi connectivity index (χ2v) is 4.82. The van der Waals surface area contributed by atoms with Gasteiger partial charge in [0.1, 0.15) is 6.42 Å². The summed E-state index contributed by atoms with van der Waals surface area (Å²) in [6.45, 7) is 8.40. The van der Waals surface area contributed by atoms with Crippen molar-refractivity contribution in [3.8, 4) is 0 Å². The molecule has 0 N–H and O–H groups in total. The molecule has 1 rings (SSSR count). The van der Waals surface area contributed by atoms with Crippen molar-refractivity contribution in [1.82, 2.24) is 10.1 Å². The number of nitrogens with zero attached hydrogens (tertiary/aromatic N) is 2. The summed E-state index contributed by atoms with van der Waals surface area (Å²) in [5.41, 5.74) is 0.102. The largest absolute Gasteiger partial charge is 0.466 e. The summed E-state index contributed by atoms with van der Waals surface area (Å²) in [6.07, 6.45) is 0.768. The van der Waals surface area contributed by atoms with Crippen LogP contribution in [0.4, 0.5) is 0 Å². The summed E-state index contributed by atoms with van der Waals surface area (Å²) in [4.78, 5) is 15.3. The van der Waals surface area contributed by atoms with E-state index >= 15 is 0 Å². The van der Waals surface area contributed by atoms with Gasteiger partial charge in [-0.3, -0.25) is 4.79 Å². The molecule has 16 heavy (non-hydrogen) atoms. The van der Waals surface area contributed by atoms with Crippen LogP contribution in [0.3, 0.4) is 0 Å². The number of carbonyl (C=O) groups excluding carboxylic acids is 1. The molecule has 0 bridgehead atoms. The van der Waals surface area contributed by atoms with Crippen LogP contribution in [0, 0.1) is 5.41 Å². The first-order valence-corrected chi connectivity index (χ1v) is 5.38. The van der Waals surface area contributed by atoms with Gasteiger partial charge in [0.15, 0.2) is 5.82 Å². The Balaban J connectivity index is 2.55. The molecule has 1 aromatic rings. The van der Waals surface area contributed by atoms with Crippen LogP contribution in [0.15, 0.2) is 4.52 Å². The summed E-state index contributed by atoms with van der Waals surface area (Å²) in [7, 11) is 0. The van der Waals surface area contributed by atoms with Crippen molar-refractivity contribution in [3.05, 3.63) is 11.7 Å². The van der Waals surface area contributed by atoms with Crippen molar-refractivity contribution in [1.29, 1.82) is 0 Å². The number of carbonyl (C=O) groups is 1. The van der Waals surface area contributed by atoms with Crippen LogP contribution in [0.25, 0.3) is 0 Å². The van der Waals surface area contributed by atoms with Gasteiger partial charge in [-0.2, -0.15) is 4.98 Å². The minimum Gasteiger partial charge on any atom is -0.466 e. The minimum absolute atomic E-state index is 0.0466. The zero-order valence-electron chi connectivity index (χ0n) is 10.2. The van der Waals surface area contributed by atoms with Gasteiger partial charge in [0.05, 0.1) is 6.61 Å². The van der Waals surface area contributed by atoms with Gasteiger partial charge >= 0.3 is 5.97 Å². The van der Waals surface area contributed by atoms with Crippen LogP contribution < -0.4 is 0 Å². The molecular weight excluding hydrogens is 208 g/mol. The fourth-order valence-electron chi connectivity index (χ4n) is 1.24. The van der Waals surface area contributed by atoms with Gasteiger partial charge in [0.2, 0.25) is 5.89 Å². The lowest BCUT2D eigenvalue weighted by atomic mass is 9.92. The second kappa shape index (κ2) is 5.09. The zero-order chi connectivity index (χ0) is 12.2. The fourth-order valence-corrected chi connectivity index (χ4v) is 1.24. The first-order chi connectivity index (χ1) is 7.40. The molecule has 0 atom stereocenters. The topological polar surface area (TPSA) is 65.2 Å². The van der Waals surface area contributed by atoms with Crippen LogP contribution in [-0.2, 0) is 22.4 Å². The summed E-state index contributed by atoms with van der Waals surface area (Å²) >= 11 is 0. The number of hydrogen-bond acceptors (Lipinski definition) is 5. The molecular formula is C11H18N2O3. The Kier molecular flexibility index (Phi) is 4.04. The lowest BCUT2D eigenvalue weighted by molar-refractivity contribution is -0.142. The molecule has 0 fully saturated rings. The van der Waals surface area contributed by atoms with E-state index in [-0.39, 0.29) is 17.8 Å². The maximum absolute atomic E-state index is 11.2. The predicted molar refractivity (Wildman–Crippen MR) is 57.8 cm³/mol. The number of rotatable bonds is 4. The van der Waals surface area contributed by atoms with Crippen LogP contribution in [0.2, 0.25) is 0 Å². The molecule has 90 valence electrons. The van der Waals surface area contributed by atoms with Crippen LogP contribution in [-0.4, -0.2) is 22.7 Å². The molecule has 0 aliphatic rings. The normalized spacial score (nSPS) is 11.5. The third kappa shape index (κ3) is 4.42. The van der Waals surface area contributed by atoms with E-state index in [9.17, 15) is 4.79 Å². The average molecular weight is 226 g/mol. The molecule has 0 saturated heterocycles. The molecule has 0 amide bonds. The molecule has 0 saturated carbocycles. The maximum atomic E-state index is 11.2. The Bertz CT molecular complexity index is 352. The summed E-state index contributed by atoms with van der Waals surface area (Å²) < 4.78 is 9.75. The van der Waals surface area contributed by atoms with E-state index in [0.29, 0.717) is 18.3 Å². The molecule has 0 spiro atoms. The van der Waals surface area contributed by atoms with E-state index in [1.165, 1.54) is 0 Å². The third-order valence-corrected chi connectivity index (χ3v) is 1.80. The Morgan fingerprint density at radius 1 is 1.44 bits per heavy atom. The van der Waals surface area contributed by atoms with Crippen LogP contribution in [0.1, 0.15) is 39.4 Å². The molecule has 0 unspecified atom stereocenters. The van der Waals surface area contributed by atoms with Crippen molar-refractivity contribution in [2.24, 2.45) is 5.41 Å². The first-order valence-electron chi connectivity index (χ1n) is 5.38. The van der Waals surface area contributed by atoms with Gasteiger partial charge < -0.3 is 9.26 Å². The van der Waals surface area contributed by atoms with E-state index in [4.69, 9.17) is 9.26 Å². The molecule has 0 aromatic carbocycles. The molecule has 0 aliphatic carbocycles. The molecule has 1 heterocycles. The van der Waals surface area contributed by atoms with E-state index in [1.54, 1.807) is 6.92 Å². The Labute approximate surface area is 95.2 Å². The van der Waals surface area contributed by atoms with Crippen molar-refractivity contribution >= 4 is 5.97 Å². The molecule has 1 aromatic heterocycles. The highest BCUT2D eigenvalue weighted by Gasteiger charge is 2.17. The maximum Gasteiger partial charge on any atom is 0.315 e. The van der Waals surface area contributed by atoms with Gasteiger partial charge in [-0.15, -0.1) is 0 Å². The molecule has 5 heteroatoms. The second-order valence-electron chi connectivity index (χ2n) is 4.82. The van der Waals surface area contributed by atoms with Gasteiger partial charge in [-0.25, -0.2) is 0 Å². The minimum atomic E-state index is -0.339. The van der Waals surface area contributed by atoms with Crippen molar-refractivity contribution in [3.63, 3.8) is 0 Å². The Hall–Kier alpha value is -1.39. The summed E-state index contributed by atoms with van der Waals surface area (Å²) in [5, 5.41) is 3.82. The summed E-state index contributed by atoms with van der Waals surface area (Å²) in [5.74, 6) is 0.609.